The largest absolute Gasteiger partial charge is 0.395 e. The smallest absolute Gasteiger partial charge is 0.137 e. The fraction of sp³-hybridized carbons (Fsp3) is 0.733. The summed E-state index contributed by atoms with van der Waals surface area (Å²) in [5.74, 6) is 2.74. The molecule has 0 atom stereocenters. The maximum absolute atomic E-state index is 9.40. The lowest BCUT2D eigenvalue weighted by atomic mass is 10.1. The van der Waals surface area contributed by atoms with Crippen molar-refractivity contribution in [1.29, 1.82) is 0 Å². The Labute approximate surface area is 121 Å². The number of aryl methyl sites for hydroxylation is 1. The molecule has 0 aromatic carbocycles. The van der Waals surface area contributed by atoms with Gasteiger partial charge in [0, 0.05) is 31.6 Å². The molecular formula is C15H26N4O. The second kappa shape index (κ2) is 6.88. The van der Waals surface area contributed by atoms with Crippen molar-refractivity contribution in [2.45, 2.75) is 52.0 Å². The fourth-order valence-corrected chi connectivity index (χ4v) is 3.02. The first-order valence-electron chi connectivity index (χ1n) is 7.64. The fourth-order valence-electron chi connectivity index (χ4n) is 3.02. The Morgan fingerprint density at radius 1 is 1.30 bits per heavy atom. The lowest BCUT2D eigenvalue weighted by Gasteiger charge is -2.31. The molecule has 2 N–H and O–H groups in total. The van der Waals surface area contributed by atoms with Crippen molar-refractivity contribution in [3.05, 3.63) is 11.4 Å². The Morgan fingerprint density at radius 2 is 2.00 bits per heavy atom. The molecule has 1 heterocycles. The maximum atomic E-state index is 9.40. The highest BCUT2D eigenvalue weighted by atomic mass is 16.3. The van der Waals surface area contributed by atoms with Crippen LogP contribution in [0.1, 0.15) is 44.0 Å². The second-order valence-electron chi connectivity index (χ2n) is 5.40. The highest BCUT2D eigenvalue weighted by Gasteiger charge is 2.25. The number of anilines is 2. The van der Waals surface area contributed by atoms with Crippen molar-refractivity contribution in [1.82, 2.24) is 9.97 Å². The van der Waals surface area contributed by atoms with E-state index >= 15 is 0 Å². The van der Waals surface area contributed by atoms with Crippen LogP contribution in [0.25, 0.3) is 0 Å². The molecule has 0 unspecified atom stereocenters. The van der Waals surface area contributed by atoms with E-state index in [1.165, 1.54) is 25.7 Å². The van der Waals surface area contributed by atoms with Gasteiger partial charge in [-0.05, 0) is 19.8 Å². The molecule has 5 nitrogen and oxygen atoms in total. The van der Waals surface area contributed by atoms with Gasteiger partial charge in [-0.15, -0.1) is 0 Å². The van der Waals surface area contributed by atoms with Crippen LogP contribution in [0.15, 0.2) is 0 Å². The Morgan fingerprint density at radius 3 is 2.55 bits per heavy atom. The first-order chi connectivity index (χ1) is 9.71. The molecule has 0 bridgehead atoms. The van der Waals surface area contributed by atoms with E-state index in [0.717, 1.165) is 29.4 Å². The number of nitrogens with one attached hydrogen (secondary N) is 1. The van der Waals surface area contributed by atoms with Gasteiger partial charge in [0.05, 0.1) is 6.61 Å². The standard InChI is InChI=1S/C15H26N4O/c1-4-13-17-14(16-3)11(2)15(18-13)19(9-10-20)12-7-5-6-8-12/h12,20H,4-10H2,1-3H3,(H,16,17,18). The topological polar surface area (TPSA) is 61.3 Å². The van der Waals surface area contributed by atoms with E-state index in [9.17, 15) is 5.11 Å². The molecule has 0 aliphatic heterocycles. The zero-order chi connectivity index (χ0) is 14.5. The second-order valence-corrected chi connectivity index (χ2v) is 5.40. The lowest BCUT2D eigenvalue weighted by molar-refractivity contribution is 0.296. The Balaban J connectivity index is 2.40. The van der Waals surface area contributed by atoms with Gasteiger partial charge in [-0.25, -0.2) is 9.97 Å². The number of nitrogens with zero attached hydrogens (tertiary/aromatic N) is 3. The summed E-state index contributed by atoms with van der Waals surface area (Å²) in [6.45, 7) is 4.94. The predicted molar refractivity (Wildman–Crippen MR) is 82.4 cm³/mol. The van der Waals surface area contributed by atoms with Gasteiger partial charge in [0.1, 0.15) is 17.5 Å². The van der Waals surface area contributed by atoms with Gasteiger partial charge in [-0.1, -0.05) is 19.8 Å². The highest BCUT2D eigenvalue weighted by Crippen LogP contribution is 2.31. The molecular weight excluding hydrogens is 252 g/mol. The molecule has 20 heavy (non-hydrogen) atoms. The van der Waals surface area contributed by atoms with E-state index in [2.05, 4.69) is 29.0 Å². The minimum Gasteiger partial charge on any atom is -0.395 e. The Kier molecular flexibility index (Phi) is 5.17. The molecule has 1 aromatic rings. The van der Waals surface area contributed by atoms with Crippen molar-refractivity contribution in [2.24, 2.45) is 0 Å². The number of hydrogen-bond acceptors (Lipinski definition) is 5. The Bertz CT molecular complexity index is 444. The third kappa shape index (κ3) is 3.03. The number of hydrogen-bond donors (Lipinski definition) is 2. The summed E-state index contributed by atoms with van der Waals surface area (Å²) in [5, 5.41) is 12.6. The summed E-state index contributed by atoms with van der Waals surface area (Å²) < 4.78 is 0. The maximum Gasteiger partial charge on any atom is 0.137 e. The first-order valence-corrected chi connectivity index (χ1v) is 7.64. The van der Waals surface area contributed by atoms with Gasteiger partial charge in [-0.3, -0.25) is 0 Å². The first kappa shape index (κ1) is 15.0. The molecule has 1 aliphatic rings. The van der Waals surface area contributed by atoms with Gasteiger partial charge in [-0.2, -0.15) is 0 Å². The van der Waals surface area contributed by atoms with Crippen molar-refractivity contribution < 1.29 is 5.11 Å². The minimum absolute atomic E-state index is 0.163. The van der Waals surface area contributed by atoms with Crippen LogP contribution in [-0.4, -0.2) is 41.3 Å². The van der Waals surface area contributed by atoms with Crippen LogP contribution in [-0.2, 0) is 6.42 Å². The molecule has 1 aromatic heterocycles. The summed E-state index contributed by atoms with van der Waals surface area (Å²) in [7, 11) is 1.89. The van der Waals surface area contributed by atoms with Crippen molar-refractivity contribution in [3.63, 3.8) is 0 Å². The van der Waals surface area contributed by atoms with Crippen LogP contribution in [0.2, 0.25) is 0 Å². The zero-order valence-corrected chi connectivity index (χ0v) is 12.8. The molecule has 1 saturated carbocycles. The summed E-state index contributed by atoms with van der Waals surface area (Å²) in [5.41, 5.74) is 1.07. The van der Waals surface area contributed by atoms with E-state index < -0.39 is 0 Å². The summed E-state index contributed by atoms with van der Waals surface area (Å²) in [6.07, 6.45) is 5.76. The Hall–Kier alpha value is -1.36. The molecule has 0 amide bonds. The van der Waals surface area contributed by atoms with Gasteiger partial charge in [0.25, 0.3) is 0 Å². The van der Waals surface area contributed by atoms with E-state index in [4.69, 9.17) is 4.98 Å². The lowest BCUT2D eigenvalue weighted by Crippen LogP contribution is -2.37. The van der Waals surface area contributed by atoms with E-state index in [1.54, 1.807) is 0 Å². The third-order valence-electron chi connectivity index (χ3n) is 4.10. The summed E-state index contributed by atoms with van der Waals surface area (Å²) in [6, 6.07) is 0.505. The predicted octanol–water partition coefficient (Wildman–Crippen LogP) is 2.13. The van der Waals surface area contributed by atoms with Gasteiger partial charge < -0.3 is 15.3 Å². The quantitative estimate of drug-likeness (QED) is 0.834. The van der Waals surface area contributed by atoms with Gasteiger partial charge in [0.2, 0.25) is 0 Å². The van der Waals surface area contributed by atoms with E-state index in [-0.39, 0.29) is 6.61 Å². The monoisotopic (exact) mass is 278 g/mol. The van der Waals surface area contributed by atoms with Crippen LogP contribution in [0.3, 0.4) is 0 Å². The molecule has 0 radical (unpaired) electrons. The van der Waals surface area contributed by atoms with Gasteiger partial charge >= 0.3 is 0 Å². The number of aromatic nitrogens is 2. The SMILES string of the molecule is CCc1nc(NC)c(C)c(N(CCO)C2CCCC2)n1. The zero-order valence-electron chi connectivity index (χ0n) is 12.8. The molecule has 5 heteroatoms. The van der Waals surface area contributed by atoms with Crippen molar-refractivity contribution in [2.75, 3.05) is 30.4 Å². The third-order valence-corrected chi connectivity index (χ3v) is 4.10. The number of aliphatic hydroxyl groups is 1. The number of rotatable bonds is 6. The van der Waals surface area contributed by atoms with Crippen LogP contribution in [0, 0.1) is 6.92 Å². The van der Waals surface area contributed by atoms with Gasteiger partial charge in [0.15, 0.2) is 0 Å². The summed E-state index contributed by atoms with van der Waals surface area (Å²) >= 11 is 0. The van der Waals surface area contributed by atoms with Crippen LogP contribution in [0.5, 0.6) is 0 Å². The average molecular weight is 278 g/mol. The van der Waals surface area contributed by atoms with E-state index in [0.29, 0.717) is 12.6 Å². The van der Waals surface area contributed by atoms with Crippen molar-refractivity contribution in [3.8, 4) is 0 Å². The van der Waals surface area contributed by atoms with E-state index in [1.807, 2.05) is 7.05 Å². The average Bonchev–Trinajstić information content (AvgIpc) is 2.99. The van der Waals surface area contributed by atoms with Crippen LogP contribution in [0.4, 0.5) is 11.6 Å². The molecule has 2 rings (SSSR count). The molecule has 0 saturated heterocycles. The van der Waals surface area contributed by atoms with Crippen molar-refractivity contribution >= 4 is 11.6 Å². The van der Waals surface area contributed by atoms with Crippen LogP contribution >= 0.6 is 0 Å². The molecule has 1 fully saturated rings. The molecule has 112 valence electrons. The van der Waals surface area contributed by atoms with Crippen LogP contribution < -0.4 is 10.2 Å². The minimum atomic E-state index is 0.163. The molecule has 1 aliphatic carbocycles. The summed E-state index contributed by atoms with van der Waals surface area (Å²) in [4.78, 5) is 11.5. The molecule has 0 spiro atoms. The highest BCUT2D eigenvalue weighted by molar-refractivity contribution is 5.59. The normalized spacial score (nSPS) is 15.6. The number of aliphatic hydroxyl groups excluding tert-OH is 1.